The fourth-order valence-electron chi connectivity index (χ4n) is 4.77. The quantitative estimate of drug-likeness (QED) is 0.728. The van der Waals surface area contributed by atoms with Gasteiger partial charge in [0.1, 0.15) is 6.61 Å². The van der Waals surface area contributed by atoms with Crippen molar-refractivity contribution in [1.82, 2.24) is 10.2 Å². The third-order valence-corrected chi connectivity index (χ3v) is 6.68. The van der Waals surface area contributed by atoms with Crippen LogP contribution in [-0.4, -0.2) is 68.3 Å². The zero-order chi connectivity index (χ0) is 22.8. The second-order valence-electron chi connectivity index (χ2n) is 9.01. The maximum Gasteiger partial charge on any atom is 0.253 e. The van der Waals surface area contributed by atoms with Gasteiger partial charge in [-0.05, 0) is 68.3 Å². The highest BCUT2D eigenvalue weighted by Crippen LogP contribution is 2.26. The predicted molar refractivity (Wildman–Crippen MR) is 126 cm³/mol. The Kier molecular flexibility index (Phi) is 9.96. The van der Waals surface area contributed by atoms with E-state index in [0.29, 0.717) is 24.6 Å². The van der Waals surface area contributed by atoms with E-state index in [1.807, 2.05) is 28.0 Å². The lowest BCUT2D eigenvalue weighted by Crippen LogP contribution is -2.39. The monoisotopic (exact) mass is 445 g/mol. The van der Waals surface area contributed by atoms with Crippen LogP contribution in [0.25, 0.3) is 0 Å². The fraction of sp³-hybridized carbons (Fsp3) is 0.680. The first-order valence-corrected chi connectivity index (χ1v) is 12.2. The van der Waals surface area contributed by atoms with Gasteiger partial charge < -0.3 is 25.0 Å². The number of hydrogen-bond acceptors (Lipinski definition) is 5. The smallest absolute Gasteiger partial charge is 0.253 e. The number of benzene rings is 1. The molecule has 3 rings (SSSR count). The van der Waals surface area contributed by atoms with E-state index < -0.39 is 0 Å². The van der Waals surface area contributed by atoms with Gasteiger partial charge >= 0.3 is 0 Å². The van der Waals surface area contributed by atoms with Gasteiger partial charge in [-0.15, -0.1) is 0 Å². The van der Waals surface area contributed by atoms with Crippen LogP contribution in [-0.2, 0) is 16.1 Å². The number of likely N-dealkylation sites (tertiary alicyclic amines) is 1. The summed E-state index contributed by atoms with van der Waals surface area (Å²) in [5.74, 6) is 0.511. The molecule has 1 fully saturated rings. The van der Waals surface area contributed by atoms with Crippen molar-refractivity contribution in [1.29, 1.82) is 0 Å². The maximum atomic E-state index is 13.2. The van der Waals surface area contributed by atoms with E-state index in [-0.39, 0.29) is 25.0 Å². The summed E-state index contributed by atoms with van der Waals surface area (Å²) in [5, 5.41) is 12.7. The Morgan fingerprint density at radius 3 is 2.59 bits per heavy atom. The van der Waals surface area contributed by atoms with Gasteiger partial charge in [-0.2, -0.15) is 0 Å². The first-order valence-electron chi connectivity index (χ1n) is 12.2. The van der Waals surface area contributed by atoms with Gasteiger partial charge in [-0.25, -0.2) is 0 Å². The van der Waals surface area contributed by atoms with Gasteiger partial charge in [-0.3, -0.25) is 9.59 Å². The average molecular weight is 446 g/mol. The lowest BCUT2D eigenvalue weighted by Gasteiger charge is -2.32. The van der Waals surface area contributed by atoms with Gasteiger partial charge in [0.05, 0.1) is 0 Å². The molecule has 7 heteroatoms. The van der Waals surface area contributed by atoms with Crippen molar-refractivity contribution in [3.8, 4) is 0 Å². The highest BCUT2D eigenvalue weighted by atomic mass is 16.5. The van der Waals surface area contributed by atoms with Crippen molar-refractivity contribution >= 4 is 17.5 Å². The summed E-state index contributed by atoms with van der Waals surface area (Å²) in [5.41, 5.74) is 2.53. The van der Waals surface area contributed by atoms with Crippen molar-refractivity contribution in [2.75, 3.05) is 51.4 Å². The number of methoxy groups -OCH3 is 1. The minimum absolute atomic E-state index is 0.0455. The number of aliphatic hydroxyl groups excluding tert-OH is 1. The summed E-state index contributed by atoms with van der Waals surface area (Å²) in [6.45, 7) is 3.97. The van der Waals surface area contributed by atoms with Gasteiger partial charge in [0.2, 0.25) is 0 Å². The highest BCUT2D eigenvalue weighted by molar-refractivity contribution is 5.98. The SMILES string of the molecule is COCC(=O)N1CCCCCCCNCc2cc(C(=O)N3CCC(CCO)CC3)ccc21. The number of carbonyl (C=O) groups is 2. The predicted octanol–water partition coefficient (Wildman–Crippen LogP) is 2.95. The number of piperidine rings is 1. The minimum Gasteiger partial charge on any atom is -0.396 e. The van der Waals surface area contributed by atoms with Gasteiger partial charge in [0.25, 0.3) is 11.8 Å². The highest BCUT2D eigenvalue weighted by Gasteiger charge is 2.25. The largest absolute Gasteiger partial charge is 0.396 e. The second-order valence-corrected chi connectivity index (χ2v) is 9.01. The first kappa shape index (κ1) is 24.7. The molecule has 0 bridgehead atoms. The Morgan fingerprint density at radius 1 is 1.09 bits per heavy atom. The van der Waals surface area contributed by atoms with Crippen LogP contribution in [0.3, 0.4) is 0 Å². The van der Waals surface area contributed by atoms with E-state index in [1.165, 1.54) is 12.8 Å². The summed E-state index contributed by atoms with van der Waals surface area (Å²) in [6, 6.07) is 5.76. The molecule has 1 aromatic rings. The first-order chi connectivity index (χ1) is 15.6. The molecule has 0 aliphatic carbocycles. The number of hydrogen-bond donors (Lipinski definition) is 2. The van der Waals surface area contributed by atoms with Crippen molar-refractivity contribution in [3.63, 3.8) is 0 Å². The number of fused-ring (bicyclic) bond motifs is 1. The molecule has 178 valence electrons. The molecule has 2 amide bonds. The number of amides is 2. The Morgan fingerprint density at radius 2 is 1.84 bits per heavy atom. The van der Waals surface area contributed by atoms with E-state index in [9.17, 15) is 9.59 Å². The molecule has 0 radical (unpaired) electrons. The lowest BCUT2D eigenvalue weighted by molar-refractivity contribution is -0.122. The van der Waals surface area contributed by atoms with Crippen LogP contribution in [0.2, 0.25) is 0 Å². The number of ether oxygens (including phenoxy) is 1. The summed E-state index contributed by atoms with van der Waals surface area (Å²) < 4.78 is 5.13. The van der Waals surface area contributed by atoms with Crippen LogP contribution < -0.4 is 10.2 Å². The molecule has 1 aromatic carbocycles. The van der Waals surface area contributed by atoms with Crippen LogP contribution in [0, 0.1) is 5.92 Å². The molecule has 2 N–H and O–H groups in total. The van der Waals surface area contributed by atoms with Crippen LogP contribution in [0.15, 0.2) is 18.2 Å². The molecule has 7 nitrogen and oxygen atoms in total. The summed E-state index contributed by atoms with van der Waals surface area (Å²) in [7, 11) is 1.54. The molecular formula is C25H39N3O4. The van der Waals surface area contributed by atoms with E-state index in [4.69, 9.17) is 9.84 Å². The maximum absolute atomic E-state index is 13.2. The lowest BCUT2D eigenvalue weighted by atomic mass is 9.93. The van der Waals surface area contributed by atoms with Crippen molar-refractivity contribution < 1.29 is 19.4 Å². The van der Waals surface area contributed by atoms with Crippen LogP contribution >= 0.6 is 0 Å². The number of aliphatic hydroxyl groups is 1. The number of anilines is 1. The molecule has 0 atom stereocenters. The van der Waals surface area contributed by atoms with Gasteiger partial charge in [-0.1, -0.05) is 19.3 Å². The van der Waals surface area contributed by atoms with Gasteiger partial charge in [0.15, 0.2) is 0 Å². The Balaban J connectivity index is 1.81. The molecule has 2 heterocycles. The number of rotatable bonds is 5. The summed E-state index contributed by atoms with van der Waals surface area (Å²) in [6.07, 6.45) is 8.29. The topological polar surface area (TPSA) is 82.1 Å². The summed E-state index contributed by atoms with van der Waals surface area (Å²) >= 11 is 0. The average Bonchev–Trinajstić information content (AvgIpc) is 2.80. The van der Waals surface area contributed by atoms with E-state index in [0.717, 1.165) is 69.4 Å². The normalized spacial score (nSPS) is 19.1. The fourth-order valence-corrected chi connectivity index (χ4v) is 4.77. The molecule has 0 saturated carbocycles. The third kappa shape index (κ3) is 6.77. The molecule has 1 saturated heterocycles. The molecule has 0 spiro atoms. The standard InChI is InChI=1S/C25H39N3O4/c1-32-19-24(30)28-13-6-4-2-3-5-12-26-18-22-17-21(7-8-23(22)28)25(31)27-14-9-20(10-15-27)11-16-29/h7-8,17,20,26,29H,2-6,9-16,18-19H2,1H3. The minimum atomic E-state index is -0.0455. The van der Waals surface area contributed by atoms with Crippen molar-refractivity contribution in [2.24, 2.45) is 5.92 Å². The summed E-state index contributed by atoms with van der Waals surface area (Å²) in [4.78, 5) is 29.8. The van der Waals surface area contributed by atoms with Crippen molar-refractivity contribution in [2.45, 2.75) is 57.9 Å². The van der Waals surface area contributed by atoms with E-state index in [2.05, 4.69) is 5.32 Å². The molecule has 0 unspecified atom stereocenters. The number of carbonyl (C=O) groups excluding carboxylic acids is 2. The zero-order valence-electron chi connectivity index (χ0n) is 19.5. The molecule has 0 aromatic heterocycles. The number of nitrogens with one attached hydrogen (secondary N) is 1. The van der Waals surface area contributed by atoms with Crippen molar-refractivity contribution in [3.05, 3.63) is 29.3 Å². The van der Waals surface area contributed by atoms with E-state index in [1.54, 1.807) is 7.11 Å². The molecule has 2 aliphatic rings. The third-order valence-electron chi connectivity index (χ3n) is 6.68. The Hall–Kier alpha value is -1.96. The van der Waals surface area contributed by atoms with E-state index >= 15 is 0 Å². The number of nitrogens with zero attached hydrogens (tertiary/aromatic N) is 2. The molecular weight excluding hydrogens is 406 g/mol. The van der Waals surface area contributed by atoms with Crippen LogP contribution in [0.5, 0.6) is 0 Å². The molecule has 2 aliphatic heterocycles. The van der Waals surface area contributed by atoms with Gasteiger partial charge in [0, 0.05) is 51.1 Å². The Labute approximate surface area is 192 Å². The van der Waals surface area contributed by atoms with Crippen LogP contribution in [0.1, 0.15) is 67.3 Å². The molecule has 32 heavy (non-hydrogen) atoms. The van der Waals surface area contributed by atoms with Crippen LogP contribution in [0.4, 0.5) is 5.69 Å². The zero-order valence-corrected chi connectivity index (χ0v) is 19.5. The second kappa shape index (κ2) is 12.9. The Bertz CT molecular complexity index is 747.